The van der Waals surface area contributed by atoms with E-state index in [0.717, 1.165) is 18.5 Å². The Morgan fingerprint density at radius 2 is 2.16 bits per heavy atom. The van der Waals surface area contributed by atoms with Crippen molar-refractivity contribution in [3.8, 4) is 0 Å². The molecule has 0 saturated heterocycles. The fourth-order valence-electron chi connectivity index (χ4n) is 2.99. The molecule has 1 aliphatic heterocycles. The standard InChI is InChI=1S/C17H20N2/c1-4-11(2)16-12(3)19-10-15-14(16)8-7-13-6-5-9-18-17(13)15/h5-9,11,19H,4,10H2,1-3H3. The van der Waals surface area contributed by atoms with Crippen molar-refractivity contribution in [3.05, 3.63) is 47.3 Å². The molecule has 2 nitrogen and oxygen atoms in total. The van der Waals surface area contributed by atoms with Gasteiger partial charge in [0.25, 0.3) is 0 Å². The first kappa shape index (κ1) is 12.2. The molecule has 2 aromatic rings. The van der Waals surface area contributed by atoms with Gasteiger partial charge in [0.1, 0.15) is 0 Å². The van der Waals surface area contributed by atoms with Gasteiger partial charge in [0.05, 0.1) is 5.52 Å². The number of hydrogen-bond donors (Lipinski definition) is 1. The molecule has 0 amide bonds. The van der Waals surface area contributed by atoms with E-state index in [1.807, 2.05) is 12.3 Å². The van der Waals surface area contributed by atoms with Crippen molar-refractivity contribution < 1.29 is 0 Å². The van der Waals surface area contributed by atoms with Gasteiger partial charge < -0.3 is 5.32 Å². The molecule has 0 bridgehead atoms. The molecular formula is C17H20N2. The molecule has 0 saturated carbocycles. The van der Waals surface area contributed by atoms with E-state index in [-0.39, 0.29) is 0 Å². The molecule has 1 atom stereocenters. The number of nitrogens with one attached hydrogen (secondary N) is 1. The van der Waals surface area contributed by atoms with Gasteiger partial charge in [-0.15, -0.1) is 0 Å². The summed E-state index contributed by atoms with van der Waals surface area (Å²) in [5, 5.41) is 4.76. The van der Waals surface area contributed by atoms with Crippen molar-refractivity contribution in [2.24, 2.45) is 5.92 Å². The van der Waals surface area contributed by atoms with Crippen LogP contribution in [0.3, 0.4) is 0 Å². The highest BCUT2D eigenvalue weighted by Crippen LogP contribution is 2.36. The van der Waals surface area contributed by atoms with Crippen LogP contribution in [-0.2, 0) is 6.54 Å². The van der Waals surface area contributed by atoms with Crippen LogP contribution in [0.15, 0.2) is 36.2 Å². The van der Waals surface area contributed by atoms with Gasteiger partial charge >= 0.3 is 0 Å². The first-order chi connectivity index (χ1) is 9.22. The molecule has 0 aliphatic carbocycles. The summed E-state index contributed by atoms with van der Waals surface area (Å²) in [6, 6.07) is 8.60. The topological polar surface area (TPSA) is 24.9 Å². The fourth-order valence-corrected chi connectivity index (χ4v) is 2.99. The van der Waals surface area contributed by atoms with Gasteiger partial charge in [0.2, 0.25) is 0 Å². The van der Waals surface area contributed by atoms with Crippen LogP contribution in [0.25, 0.3) is 16.5 Å². The second-order valence-corrected chi connectivity index (χ2v) is 5.37. The van der Waals surface area contributed by atoms with E-state index in [4.69, 9.17) is 0 Å². The molecule has 1 N–H and O–H groups in total. The van der Waals surface area contributed by atoms with Gasteiger partial charge in [-0.2, -0.15) is 0 Å². The molecule has 2 heterocycles. The molecular weight excluding hydrogens is 232 g/mol. The average molecular weight is 252 g/mol. The largest absolute Gasteiger partial charge is 0.384 e. The van der Waals surface area contributed by atoms with Crippen LogP contribution in [0.1, 0.15) is 38.3 Å². The molecule has 1 unspecified atom stereocenters. The van der Waals surface area contributed by atoms with E-state index in [2.05, 4.69) is 49.3 Å². The lowest BCUT2D eigenvalue weighted by atomic mass is 9.84. The molecule has 0 fully saturated rings. The van der Waals surface area contributed by atoms with E-state index in [0.29, 0.717) is 5.92 Å². The van der Waals surface area contributed by atoms with Crippen LogP contribution >= 0.6 is 0 Å². The monoisotopic (exact) mass is 252 g/mol. The summed E-state index contributed by atoms with van der Waals surface area (Å²) in [7, 11) is 0. The van der Waals surface area contributed by atoms with E-state index >= 15 is 0 Å². The molecule has 0 radical (unpaired) electrons. The minimum atomic E-state index is 0.577. The summed E-state index contributed by atoms with van der Waals surface area (Å²) in [5.41, 5.74) is 6.64. The first-order valence-corrected chi connectivity index (χ1v) is 7.04. The molecule has 19 heavy (non-hydrogen) atoms. The smallest absolute Gasteiger partial charge is 0.0757 e. The Morgan fingerprint density at radius 3 is 2.95 bits per heavy atom. The Morgan fingerprint density at radius 1 is 1.32 bits per heavy atom. The molecule has 0 spiro atoms. The summed E-state index contributed by atoms with van der Waals surface area (Å²) >= 11 is 0. The quantitative estimate of drug-likeness (QED) is 0.869. The normalized spacial score (nSPS) is 16.2. The number of nitrogens with zero attached hydrogens (tertiary/aromatic N) is 1. The lowest BCUT2D eigenvalue weighted by Gasteiger charge is -2.27. The van der Waals surface area contributed by atoms with Crippen molar-refractivity contribution in [1.29, 1.82) is 0 Å². The first-order valence-electron chi connectivity index (χ1n) is 7.04. The van der Waals surface area contributed by atoms with Gasteiger partial charge in [-0.25, -0.2) is 0 Å². The third kappa shape index (κ3) is 1.92. The number of benzene rings is 1. The van der Waals surface area contributed by atoms with Crippen LogP contribution in [0.5, 0.6) is 0 Å². The van der Waals surface area contributed by atoms with Crippen LogP contribution in [0.2, 0.25) is 0 Å². The zero-order valence-corrected chi connectivity index (χ0v) is 11.8. The number of allylic oxidation sites excluding steroid dienone is 2. The zero-order chi connectivity index (χ0) is 13.4. The minimum Gasteiger partial charge on any atom is -0.384 e. The van der Waals surface area contributed by atoms with Crippen LogP contribution in [0.4, 0.5) is 0 Å². The number of hydrogen-bond acceptors (Lipinski definition) is 2. The van der Waals surface area contributed by atoms with E-state index in [1.54, 1.807) is 0 Å². The predicted molar refractivity (Wildman–Crippen MR) is 80.6 cm³/mol. The third-order valence-corrected chi connectivity index (χ3v) is 4.21. The molecule has 1 aromatic carbocycles. The van der Waals surface area contributed by atoms with Crippen LogP contribution in [0, 0.1) is 5.92 Å². The summed E-state index contributed by atoms with van der Waals surface area (Å²) in [4.78, 5) is 4.58. The third-order valence-electron chi connectivity index (χ3n) is 4.21. The molecule has 2 heteroatoms. The SMILES string of the molecule is CCC(C)C1=C(C)NCc2c1ccc1cccnc21. The Bertz CT molecular complexity index is 655. The second kappa shape index (κ2) is 4.69. The van der Waals surface area contributed by atoms with Crippen LogP contribution in [-0.4, -0.2) is 4.98 Å². The lowest BCUT2D eigenvalue weighted by molar-refractivity contribution is 0.685. The summed E-state index contributed by atoms with van der Waals surface area (Å²) < 4.78 is 0. The number of rotatable bonds is 2. The van der Waals surface area contributed by atoms with Crippen molar-refractivity contribution in [3.63, 3.8) is 0 Å². The Hall–Kier alpha value is -1.83. The van der Waals surface area contributed by atoms with Gasteiger partial charge in [-0.05, 0) is 36.5 Å². The minimum absolute atomic E-state index is 0.577. The molecule has 1 aliphatic rings. The van der Waals surface area contributed by atoms with Gasteiger partial charge in [-0.1, -0.05) is 32.0 Å². The summed E-state index contributed by atoms with van der Waals surface area (Å²) in [6.07, 6.45) is 3.05. The summed E-state index contributed by atoms with van der Waals surface area (Å²) in [6.45, 7) is 7.62. The predicted octanol–water partition coefficient (Wildman–Crippen LogP) is 4.12. The highest BCUT2D eigenvalue weighted by atomic mass is 14.9. The van der Waals surface area contributed by atoms with Crippen molar-refractivity contribution in [1.82, 2.24) is 10.3 Å². The van der Waals surface area contributed by atoms with E-state index in [1.165, 1.54) is 27.8 Å². The van der Waals surface area contributed by atoms with Crippen molar-refractivity contribution in [2.45, 2.75) is 33.7 Å². The van der Waals surface area contributed by atoms with Crippen molar-refractivity contribution in [2.75, 3.05) is 0 Å². The fraction of sp³-hybridized carbons (Fsp3) is 0.353. The number of pyridine rings is 1. The number of aromatic nitrogens is 1. The van der Waals surface area contributed by atoms with Gasteiger partial charge in [0.15, 0.2) is 0 Å². The second-order valence-electron chi connectivity index (χ2n) is 5.37. The van der Waals surface area contributed by atoms with Gasteiger partial charge in [-0.3, -0.25) is 4.98 Å². The Labute approximate surface area is 114 Å². The Kier molecular flexibility index (Phi) is 3.02. The maximum absolute atomic E-state index is 4.58. The maximum atomic E-state index is 4.58. The average Bonchev–Trinajstić information content (AvgIpc) is 2.46. The molecule has 3 rings (SSSR count). The highest BCUT2D eigenvalue weighted by Gasteiger charge is 2.21. The molecule has 98 valence electrons. The van der Waals surface area contributed by atoms with Gasteiger partial charge in [0, 0.05) is 29.4 Å². The molecule has 1 aromatic heterocycles. The maximum Gasteiger partial charge on any atom is 0.0757 e. The Balaban J connectivity index is 2.26. The van der Waals surface area contributed by atoms with Crippen molar-refractivity contribution >= 4 is 16.5 Å². The van der Waals surface area contributed by atoms with E-state index in [9.17, 15) is 0 Å². The number of fused-ring (bicyclic) bond motifs is 3. The lowest BCUT2D eigenvalue weighted by Crippen LogP contribution is -2.22. The van der Waals surface area contributed by atoms with E-state index < -0.39 is 0 Å². The van der Waals surface area contributed by atoms with Crippen LogP contribution < -0.4 is 5.32 Å². The summed E-state index contributed by atoms with van der Waals surface area (Å²) in [5.74, 6) is 0.577. The highest BCUT2D eigenvalue weighted by molar-refractivity contribution is 5.89. The zero-order valence-electron chi connectivity index (χ0n) is 11.8.